The Balaban J connectivity index is 1.58. The number of hydrogen-bond donors (Lipinski definition) is 3. The molecule has 0 fully saturated rings. The zero-order valence-corrected chi connectivity index (χ0v) is 22.1. The van der Waals surface area contributed by atoms with Gasteiger partial charge in [0.05, 0.1) is 40.2 Å². The number of anilines is 2. The fourth-order valence-corrected chi connectivity index (χ4v) is 5.05. The van der Waals surface area contributed by atoms with Gasteiger partial charge in [0.2, 0.25) is 5.91 Å². The molecule has 2 heterocycles. The third-order valence-electron chi connectivity index (χ3n) is 5.92. The Morgan fingerprint density at radius 2 is 1.86 bits per heavy atom. The lowest BCUT2D eigenvalue weighted by Crippen LogP contribution is -2.31. The van der Waals surface area contributed by atoms with Crippen molar-refractivity contribution in [1.29, 1.82) is 5.26 Å². The minimum Gasteiger partial charge on any atom is -0.468 e. The van der Waals surface area contributed by atoms with Crippen molar-refractivity contribution < 1.29 is 14.0 Å². The van der Waals surface area contributed by atoms with Gasteiger partial charge in [-0.2, -0.15) is 5.26 Å². The molecule has 0 unspecified atom stereocenters. The number of allylic oxidation sites excluding steroid dienone is 2. The lowest BCUT2D eigenvalue weighted by atomic mass is 9.85. The van der Waals surface area contributed by atoms with E-state index in [4.69, 9.17) is 16.0 Å². The fraction of sp³-hybridized carbons (Fsp3) is 0.179. The molecule has 3 N–H and O–H groups in total. The number of rotatable bonds is 7. The van der Waals surface area contributed by atoms with Crippen LogP contribution >= 0.6 is 23.4 Å². The van der Waals surface area contributed by atoms with Crippen molar-refractivity contribution in [2.75, 3.05) is 16.4 Å². The largest absolute Gasteiger partial charge is 0.468 e. The number of nitrogens with zero attached hydrogens (tertiary/aromatic N) is 1. The van der Waals surface area contributed by atoms with E-state index in [2.05, 4.69) is 22.0 Å². The Bertz CT molecular complexity index is 1450. The van der Waals surface area contributed by atoms with Crippen LogP contribution in [0.5, 0.6) is 0 Å². The molecule has 1 atom stereocenters. The predicted octanol–water partition coefficient (Wildman–Crippen LogP) is 6.26. The zero-order chi connectivity index (χ0) is 26.5. The van der Waals surface area contributed by atoms with Crippen molar-refractivity contribution in [2.24, 2.45) is 0 Å². The number of nitriles is 1. The van der Waals surface area contributed by atoms with Gasteiger partial charge in [0, 0.05) is 22.1 Å². The number of aryl methyl sites for hydroxylation is 2. The van der Waals surface area contributed by atoms with Crippen LogP contribution in [-0.4, -0.2) is 17.6 Å². The highest BCUT2D eigenvalue weighted by Gasteiger charge is 2.36. The monoisotopic (exact) mass is 532 g/mol. The molecule has 0 saturated heterocycles. The molecule has 9 heteroatoms. The molecule has 3 aromatic rings. The number of carbonyl (C=O) groups is 2. The van der Waals surface area contributed by atoms with Crippen LogP contribution in [0.1, 0.15) is 29.7 Å². The van der Waals surface area contributed by atoms with E-state index in [0.717, 1.165) is 11.1 Å². The van der Waals surface area contributed by atoms with Gasteiger partial charge in [-0.1, -0.05) is 47.6 Å². The Kier molecular flexibility index (Phi) is 8.07. The standard InChI is InChI=1S/C28H25ClN4O3S/c1-16-10-11-19(13-21(16)29)32-24(34)15-37-28-20(14-30)26(23-9-6-12-36-23)25(18(3)31-28)27(35)33-22-8-5-4-7-17(22)2/h4-13,26,31H,15H2,1-3H3,(H,32,34)(H,33,35)/t26-/m1/s1. The molecule has 1 aliphatic heterocycles. The van der Waals surface area contributed by atoms with Crippen molar-refractivity contribution >= 4 is 46.6 Å². The molecule has 0 spiro atoms. The van der Waals surface area contributed by atoms with Crippen LogP contribution < -0.4 is 16.0 Å². The summed E-state index contributed by atoms with van der Waals surface area (Å²) >= 11 is 7.34. The number of amides is 2. The van der Waals surface area contributed by atoms with Gasteiger partial charge in [-0.15, -0.1) is 0 Å². The third kappa shape index (κ3) is 5.91. The molecule has 188 valence electrons. The number of dihydropyridines is 1. The minimum atomic E-state index is -0.730. The van der Waals surface area contributed by atoms with Gasteiger partial charge >= 0.3 is 0 Å². The van der Waals surface area contributed by atoms with Crippen LogP contribution in [0.15, 0.2) is 87.1 Å². The number of para-hydroxylation sites is 1. The molecule has 2 amide bonds. The molecule has 7 nitrogen and oxygen atoms in total. The molecular formula is C28H25ClN4O3S. The van der Waals surface area contributed by atoms with E-state index in [9.17, 15) is 14.9 Å². The summed E-state index contributed by atoms with van der Waals surface area (Å²) in [5.74, 6) is -0.819. The van der Waals surface area contributed by atoms with E-state index in [1.165, 1.54) is 18.0 Å². The van der Waals surface area contributed by atoms with Gasteiger partial charge < -0.3 is 20.4 Å². The number of carbonyl (C=O) groups excluding carboxylic acids is 2. The number of benzene rings is 2. The van der Waals surface area contributed by atoms with Gasteiger partial charge in [0.15, 0.2) is 0 Å². The Morgan fingerprint density at radius 1 is 1.08 bits per heavy atom. The van der Waals surface area contributed by atoms with Crippen LogP contribution in [0.25, 0.3) is 0 Å². The second kappa shape index (κ2) is 11.4. The SMILES string of the molecule is CC1=C(C(=O)Nc2ccccc2C)[C@@H](c2ccco2)C(C#N)=C(SCC(=O)Nc2ccc(C)c(Cl)c2)N1. The van der Waals surface area contributed by atoms with E-state index in [-0.39, 0.29) is 17.6 Å². The number of hydrogen-bond acceptors (Lipinski definition) is 6. The zero-order valence-electron chi connectivity index (χ0n) is 20.5. The summed E-state index contributed by atoms with van der Waals surface area (Å²) in [5.41, 5.74) is 4.34. The second-order valence-electron chi connectivity index (χ2n) is 8.54. The highest BCUT2D eigenvalue weighted by atomic mass is 35.5. The number of furan rings is 1. The van der Waals surface area contributed by atoms with Gasteiger partial charge in [0.25, 0.3) is 5.91 Å². The first-order valence-electron chi connectivity index (χ1n) is 11.5. The summed E-state index contributed by atoms with van der Waals surface area (Å²) in [6, 6.07) is 18.5. The Hall–Kier alpha value is -3.93. The van der Waals surface area contributed by atoms with Gasteiger partial charge in [-0.05, 0) is 62.2 Å². The Morgan fingerprint density at radius 3 is 2.54 bits per heavy atom. The summed E-state index contributed by atoms with van der Waals surface area (Å²) in [6.07, 6.45) is 1.51. The molecule has 4 rings (SSSR count). The molecular weight excluding hydrogens is 508 g/mol. The maximum absolute atomic E-state index is 13.5. The van der Waals surface area contributed by atoms with E-state index in [0.29, 0.717) is 44.0 Å². The lowest BCUT2D eigenvalue weighted by Gasteiger charge is -2.28. The van der Waals surface area contributed by atoms with E-state index in [1.54, 1.807) is 31.2 Å². The van der Waals surface area contributed by atoms with Crippen LogP contribution in [0.2, 0.25) is 5.02 Å². The van der Waals surface area contributed by atoms with Crippen molar-refractivity contribution in [3.63, 3.8) is 0 Å². The molecule has 0 bridgehead atoms. The van der Waals surface area contributed by atoms with E-state index < -0.39 is 5.92 Å². The molecule has 0 aliphatic carbocycles. The normalized spacial score (nSPS) is 15.2. The maximum atomic E-state index is 13.5. The first kappa shape index (κ1) is 26.1. The molecule has 1 aromatic heterocycles. The molecule has 37 heavy (non-hydrogen) atoms. The van der Waals surface area contributed by atoms with Gasteiger partial charge in [0.1, 0.15) is 5.76 Å². The number of halogens is 1. The summed E-state index contributed by atoms with van der Waals surface area (Å²) in [7, 11) is 0. The van der Waals surface area contributed by atoms with Crippen LogP contribution in [-0.2, 0) is 9.59 Å². The number of thioether (sulfide) groups is 1. The number of nitrogens with one attached hydrogen (secondary N) is 3. The summed E-state index contributed by atoms with van der Waals surface area (Å²) in [5, 5.41) is 20.1. The van der Waals surface area contributed by atoms with E-state index >= 15 is 0 Å². The Labute approximate surface area is 224 Å². The van der Waals surface area contributed by atoms with Crippen molar-refractivity contribution in [1.82, 2.24) is 5.32 Å². The first-order valence-corrected chi connectivity index (χ1v) is 12.9. The lowest BCUT2D eigenvalue weighted by molar-refractivity contribution is -0.114. The topological polar surface area (TPSA) is 107 Å². The molecule has 1 aliphatic rings. The minimum absolute atomic E-state index is 0.0436. The summed E-state index contributed by atoms with van der Waals surface area (Å²) < 4.78 is 5.65. The average molecular weight is 533 g/mol. The quantitative estimate of drug-likeness (QED) is 0.331. The van der Waals surface area contributed by atoms with Crippen molar-refractivity contribution in [3.05, 3.63) is 105 Å². The van der Waals surface area contributed by atoms with Gasteiger partial charge in [-0.25, -0.2) is 0 Å². The fourth-order valence-electron chi connectivity index (χ4n) is 3.98. The maximum Gasteiger partial charge on any atom is 0.254 e. The van der Waals surface area contributed by atoms with Crippen molar-refractivity contribution in [3.8, 4) is 6.07 Å². The van der Waals surface area contributed by atoms with Crippen LogP contribution in [0.4, 0.5) is 11.4 Å². The van der Waals surface area contributed by atoms with Crippen LogP contribution in [0, 0.1) is 25.2 Å². The van der Waals surface area contributed by atoms with Crippen molar-refractivity contribution in [2.45, 2.75) is 26.7 Å². The molecule has 0 radical (unpaired) electrons. The summed E-state index contributed by atoms with van der Waals surface area (Å²) in [6.45, 7) is 5.56. The van der Waals surface area contributed by atoms with Crippen LogP contribution in [0.3, 0.4) is 0 Å². The first-order chi connectivity index (χ1) is 17.8. The molecule has 2 aromatic carbocycles. The highest BCUT2D eigenvalue weighted by molar-refractivity contribution is 8.03. The third-order valence-corrected chi connectivity index (χ3v) is 7.34. The predicted molar refractivity (Wildman–Crippen MR) is 147 cm³/mol. The highest BCUT2D eigenvalue weighted by Crippen LogP contribution is 2.41. The second-order valence-corrected chi connectivity index (χ2v) is 9.93. The average Bonchev–Trinajstić information content (AvgIpc) is 3.40. The van der Waals surface area contributed by atoms with E-state index in [1.807, 2.05) is 44.2 Å². The summed E-state index contributed by atoms with van der Waals surface area (Å²) in [4.78, 5) is 26.1. The smallest absolute Gasteiger partial charge is 0.254 e. The van der Waals surface area contributed by atoms with Gasteiger partial charge in [-0.3, -0.25) is 9.59 Å². The molecule has 0 saturated carbocycles.